The SMILES string of the molecule is COc1ccc(C2C(C(=O)c3sc(C)nc3C)=C(O)C(=O)N2c2ccc(C(C)(C)C)cc2)cc1. The molecule has 1 aliphatic rings. The molecule has 1 aliphatic heterocycles. The first kappa shape index (κ1) is 23.7. The Labute approximate surface area is 203 Å². The molecule has 0 saturated heterocycles. The zero-order valence-electron chi connectivity index (χ0n) is 20.2. The highest BCUT2D eigenvalue weighted by atomic mass is 32.1. The molecule has 0 fully saturated rings. The van der Waals surface area contributed by atoms with Crippen LogP contribution in [0.5, 0.6) is 5.75 Å². The summed E-state index contributed by atoms with van der Waals surface area (Å²) in [5.74, 6) is -0.865. The van der Waals surface area contributed by atoms with Crippen LogP contribution in [-0.4, -0.2) is 28.9 Å². The third-order valence-corrected chi connectivity index (χ3v) is 7.08. The number of aromatic nitrogens is 1. The number of benzene rings is 2. The van der Waals surface area contributed by atoms with Gasteiger partial charge in [0.2, 0.25) is 5.78 Å². The van der Waals surface area contributed by atoms with Crippen LogP contribution in [0.3, 0.4) is 0 Å². The smallest absolute Gasteiger partial charge is 0.294 e. The van der Waals surface area contributed by atoms with E-state index in [0.717, 1.165) is 10.6 Å². The van der Waals surface area contributed by atoms with Crippen LogP contribution in [0.25, 0.3) is 0 Å². The van der Waals surface area contributed by atoms with Gasteiger partial charge in [-0.3, -0.25) is 14.5 Å². The van der Waals surface area contributed by atoms with Crippen LogP contribution >= 0.6 is 11.3 Å². The Balaban J connectivity index is 1.85. The van der Waals surface area contributed by atoms with Crippen LogP contribution in [0.4, 0.5) is 5.69 Å². The van der Waals surface area contributed by atoms with Gasteiger partial charge in [0, 0.05) is 5.69 Å². The number of carbonyl (C=O) groups is 2. The number of ether oxygens (including phenoxy) is 1. The molecule has 2 heterocycles. The number of hydrogen-bond acceptors (Lipinski definition) is 6. The van der Waals surface area contributed by atoms with Gasteiger partial charge in [0.25, 0.3) is 5.91 Å². The summed E-state index contributed by atoms with van der Waals surface area (Å²) in [5, 5.41) is 11.7. The number of aryl methyl sites for hydroxylation is 2. The van der Waals surface area contributed by atoms with Gasteiger partial charge in [-0.2, -0.15) is 0 Å². The summed E-state index contributed by atoms with van der Waals surface area (Å²) in [7, 11) is 1.58. The number of methoxy groups -OCH3 is 1. The Morgan fingerprint density at radius 2 is 1.68 bits per heavy atom. The van der Waals surface area contributed by atoms with Crippen molar-refractivity contribution < 1.29 is 19.4 Å². The minimum absolute atomic E-state index is 0.0496. The summed E-state index contributed by atoms with van der Waals surface area (Å²) in [5.41, 5.74) is 3.01. The monoisotopic (exact) mass is 476 g/mol. The van der Waals surface area contributed by atoms with Gasteiger partial charge in [0.05, 0.1) is 34.3 Å². The fourth-order valence-corrected chi connectivity index (χ4v) is 5.07. The highest BCUT2D eigenvalue weighted by Crippen LogP contribution is 2.43. The van der Waals surface area contributed by atoms with E-state index < -0.39 is 17.7 Å². The van der Waals surface area contributed by atoms with Gasteiger partial charge in [0.1, 0.15) is 5.75 Å². The van der Waals surface area contributed by atoms with Crippen molar-refractivity contribution in [3.63, 3.8) is 0 Å². The highest BCUT2D eigenvalue weighted by molar-refractivity contribution is 7.14. The fraction of sp³-hybridized carbons (Fsp3) is 0.296. The van der Waals surface area contributed by atoms with Crippen molar-refractivity contribution in [3.8, 4) is 5.75 Å². The van der Waals surface area contributed by atoms with E-state index in [4.69, 9.17) is 4.74 Å². The largest absolute Gasteiger partial charge is 0.503 e. The van der Waals surface area contributed by atoms with E-state index in [-0.39, 0.29) is 16.8 Å². The molecule has 0 saturated carbocycles. The third kappa shape index (κ3) is 4.12. The van der Waals surface area contributed by atoms with Crippen LogP contribution in [-0.2, 0) is 10.2 Å². The minimum Gasteiger partial charge on any atom is -0.503 e. The zero-order valence-corrected chi connectivity index (χ0v) is 21.0. The predicted octanol–water partition coefficient (Wildman–Crippen LogP) is 5.85. The number of ketones is 1. The number of carbonyl (C=O) groups excluding carboxylic acids is 2. The van der Waals surface area contributed by atoms with Crippen molar-refractivity contribution in [2.45, 2.75) is 46.1 Å². The summed E-state index contributed by atoms with van der Waals surface area (Å²) < 4.78 is 5.28. The number of hydrogen-bond donors (Lipinski definition) is 1. The van der Waals surface area contributed by atoms with Crippen molar-refractivity contribution >= 4 is 28.7 Å². The molecule has 0 spiro atoms. The molecule has 6 nitrogen and oxygen atoms in total. The molecule has 0 radical (unpaired) electrons. The van der Waals surface area contributed by atoms with Crippen LogP contribution in [0.2, 0.25) is 0 Å². The fourth-order valence-electron chi connectivity index (χ4n) is 4.19. The van der Waals surface area contributed by atoms with Crippen LogP contribution in [0.1, 0.15) is 58.3 Å². The second-order valence-electron chi connectivity index (χ2n) is 9.39. The van der Waals surface area contributed by atoms with E-state index in [2.05, 4.69) is 25.8 Å². The molecule has 0 aliphatic carbocycles. The third-order valence-electron chi connectivity index (χ3n) is 6.01. The normalized spacial score (nSPS) is 16.4. The molecule has 1 atom stereocenters. The average Bonchev–Trinajstić information content (AvgIpc) is 3.28. The van der Waals surface area contributed by atoms with Gasteiger partial charge in [-0.05, 0) is 54.7 Å². The molecule has 34 heavy (non-hydrogen) atoms. The van der Waals surface area contributed by atoms with E-state index in [1.807, 2.05) is 43.3 Å². The number of thiazole rings is 1. The average molecular weight is 477 g/mol. The molecule has 1 unspecified atom stereocenters. The van der Waals surface area contributed by atoms with E-state index in [9.17, 15) is 14.7 Å². The van der Waals surface area contributed by atoms with Gasteiger partial charge in [-0.25, -0.2) is 4.98 Å². The number of anilines is 1. The number of Topliss-reactive ketones (excluding diaryl/α,β-unsaturated/α-hetero) is 1. The topological polar surface area (TPSA) is 79.7 Å². The van der Waals surface area contributed by atoms with Gasteiger partial charge < -0.3 is 9.84 Å². The van der Waals surface area contributed by atoms with E-state index >= 15 is 0 Å². The van der Waals surface area contributed by atoms with E-state index in [1.165, 1.54) is 16.2 Å². The first-order valence-electron chi connectivity index (χ1n) is 11.0. The lowest BCUT2D eigenvalue weighted by Gasteiger charge is -2.28. The lowest BCUT2D eigenvalue weighted by Crippen LogP contribution is -2.31. The number of amides is 1. The maximum Gasteiger partial charge on any atom is 0.294 e. The standard InChI is InChI=1S/C27H28N2O4S/c1-15-25(34-16(2)28-15)23(30)21-22(17-7-13-20(33-6)14-8-17)29(26(32)24(21)31)19-11-9-18(10-12-19)27(3,4)5/h7-14,22,31H,1-6H3. The Bertz CT molecular complexity index is 1280. The second-order valence-corrected chi connectivity index (χ2v) is 10.6. The first-order chi connectivity index (χ1) is 16.0. The van der Waals surface area contributed by atoms with Crippen molar-refractivity contribution in [1.29, 1.82) is 0 Å². The van der Waals surface area contributed by atoms with Gasteiger partial charge in [0.15, 0.2) is 5.76 Å². The Morgan fingerprint density at radius 1 is 1.06 bits per heavy atom. The summed E-state index contributed by atoms with van der Waals surface area (Å²) >= 11 is 1.26. The highest BCUT2D eigenvalue weighted by Gasteiger charge is 2.45. The van der Waals surface area contributed by atoms with E-state index in [1.54, 1.807) is 26.2 Å². The first-order valence-corrected chi connectivity index (χ1v) is 11.8. The van der Waals surface area contributed by atoms with Crippen molar-refractivity contribution in [1.82, 2.24) is 4.98 Å². The molecule has 4 rings (SSSR count). The Kier molecular flexibility index (Phi) is 6.08. The van der Waals surface area contributed by atoms with Crippen LogP contribution < -0.4 is 9.64 Å². The molecular weight excluding hydrogens is 448 g/mol. The molecular formula is C27H28N2O4S. The van der Waals surface area contributed by atoms with Crippen molar-refractivity contribution in [3.05, 3.63) is 86.6 Å². The molecule has 2 aromatic carbocycles. The quantitative estimate of drug-likeness (QED) is 0.467. The minimum atomic E-state index is -0.784. The predicted molar refractivity (Wildman–Crippen MR) is 134 cm³/mol. The summed E-state index contributed by atoms with van der Waals surface area (Å²) in [6.07, 6.45) is 0. The van der Waals surface area contributed by atoms with Crippen LogP contribution in [0, 0.1) is 13.8 Å². The number of aliphatic hydroxyl groups excluding tert-OH is 1. The lowest BCUT2D eigenvalue weighted by atomic mass is 9.87. The van der Waals surface area contributed by atoms with Gasteiger partial charge in [-0.1, -0.05) is 45.0 Å². The van der Waals surface area contributed by atoms with E-state index in [0.29, 0.717) is 27.6 Å². The van der Waals surface area contributed by atoms with Crippen molar-refractivity contribution in [2.75, 3.05) is 12.0 Å². The van der Waals surface area contributed by atoms with Crippen LogP contribution in [0.15, 0.2) is 59.9 Å². The molecule has 7 heteroatoms. The van der Waals surface area contributed by atoms with Gasteiger partial charge >= 0.3 is 0 Å². The number of rotatable bonds is 5. The molecule has 0 bridgehead atoms. The Morgan fingerprint density at radius 3 is 2.18 bits per heavy atom. The molecule has 1 amide bonds. The maximum atomic E-state index is 13.7. The van der Waals surface area contributed by atoms with Gasteiger partial charge in [-0.15, -0.1) is 11.3 Å². The number of nitrogens with zero attached hydrogens (tertiary/aromatic N) is 2. The number of aliphatic hydroxyl groups is 1. The molecule has 176 valence electrons. The second kappa shape index (κ2) is 8.72. The summed E-state index contributed by atoms with van der Waals surface area (Å²) in [6.45, 7) is 9.94. The molecule has 3 aromatic rings. The summed E-state index contributed by atoms with van der Waals surface area (Å²) in [4.78, 5) is 33.3. The summed E-state index contributed by atoms with van der Waals surface area (Å²) in [6, 6.07) is 14.1. The zero-order chi connectivity index (χ0) is 24.8. The maximum absolute atomic E-state index is 13.7. The lowest BCUT2D eigenvalue weighted by molar-refractivity contribution is -0.117. The Hall–Kier alpha value is -3.45. The molecule has 1 aromatic heterocycles. The molecule has 1 N–H and O–H groups in total. The van der Waals surface area contributed by atoms with Crippen molar-refractivity contribution in [2.24, 2.45) is 0 Å².